The molecule has 2 rings (SSSR count). The van der Waals surface area contributed by atoms with E-state index in [1.807, 2.05) is 0 Å². The average molecular weight is 239 g/mol. The van der Waals surface area contributed by atoms with E-state index < -0.39 is 10.8 Å². The molecule has 0 atom stereocenters. The van der Waals surface area contributed by atoms with Gasteiger partial charge < -0.3 is 0 Å². The number of anilines is 1. The summed E-state index contributed by atoms with van der Waals surface area (Å²) in [6.07, 6.45) is 1.24. The Labute approximate surface area is 92.5 Å². The molecule has 0 aliphatic heterocycles. The molecule has 0 radical (unpaired) electrons. The molecule has 0 unspecified atom stereocenters. The number of thiophene rings is 1. The van der Waals surface area contributed by atoms with Crippen molar-refractivity contribution >= 4 is 28.2 Å². The van der Waals surface area contributed by atoms with Crippen LogP contribution in [0.3, 0.4) is 0 Å². The van der Waals surface area contributed by atoms with Crippen LogP contribution in [0.2, 0.25) is 0 Å². The van der Waals surface area contributed by atoms with Gasteiger partial charge in [-0.15, -0.1) is 0 Å². The van der Waals surface area contributed by atoms with Crippen LogP contribution in [0.15, 0.2) is 17.8 Å². The van der Waals surface area contributed by atoms with Gasteiger partial charge in [0.05, 0.1) is 10.5 Å². The van der Waals surface area contributed by atoms with Crippen molar-refractivity contribution < 1.29 is 9.72 Å². The molecule has 2 N–H and O–H groups in total. The first-order valence-corrected chi connectivity index (χ1v) is 4.94. The first kappa shape index (κ1) is 10.2. The van der Waals surface area contributed by atoms with Crippen molar-refractivity contribution in [3.05, 3.63) is 33.5 Å². The van der Waals surface area contributed by atoms with E-state index in [0.717, 1.165) is 11.3 Å². The third-order valence-corrected chi connectivity index (χ3v) is 2.55. The summed E-state index contributed by atoms with van der Waals surface area (Å²) in [5.41, 5.74) is 0.216. The van der Waals surface area contributed by atoms with Gasteiger partial charge in [0.2, 0.25) is 5.95 Å². The summed E-state index contributed by atoms with van der Waals surface area (Å²) in [6, 6.07) is 1.20. The molecule has 0 saturated carbocycles. The van der Waals surface area contributed by atoms with Crippen LogP contribution in [0.1, 0.15) is 10.4 Å². The van der Waals surface area contributed by atoms with Crippen LogP contribution in [0.4, 0.5) is 10.9 Å². The molecule has 2 heterocycles. The summed E-state index contributed by atoms with van der Waals surface area (Å²) in [7, 11) is 0. The number of aromatic nitrogens is 3. The highest BCUT2D eigenvalue weighted by molar-refractivity contribution is 7.13. The molecule has 0 bridgehead atoms. The summed E-state index contributed by atoms with van der Waals surface area (Å²) in [5.74, 6) is -0.278. The van der Waals surface area contributed by atoms with Gasteiger partial charge >= 0.3 is 5.00 Å². The highest BCUT2D eigenvalue weighted by Gasteiger charge is 2.15. The third kappa shape index (κ3) is 2.03. The second-order valence-electron chi connectivity index (χ2n) is 2.72. The van der Waals surface area contributed by atoms with E-state index in [0.29, 0.717) is 0 Å². The molecule has 0 aliphatic carbocycles. The molecule has 9 heteroatoms. The fourth-order valence-corrected chi connectivity index (χ4v) is 1.69. The second kappa shape index (κ2) is 4.06. The van der Waals surface area contributed by atoms with E-state index >= 15 is 0 Å². The number of rotatable bonds is 3. The summed E-state index contributed by atoms with van der Waals surface area (Å²) < 4.78 is 0. The van der Waals surface area contributed by atoms with Gasteiger partial charge in [-0.25, -0.2) is 5.10 Å². The molecule has 0 aromatic carbocycles. The highest BCUT2D eigenvalue weighted by Crippen LogP contribution is 2.22. The predicted molar refractivity (Wildman–Crippen MR) is 55.3 cm³/mol. The maximum atomic E-state index is 11.5. The van der Waals surface area contributed by atoms with Gasteiger partial charge in [0.1, 0.15) is 6.33 Å². The Morgan fingerprint density at radius 1 is 1.62 bits per heavy atom. The van der Waals surface area contributed by atoms with Gasteiger partial charge in [-0.1, -0.05) is 11.3 Å². The van der Waals surface area contributed by atoms with Gasteiger partial charge in [0, 0.05) is 11.4 Å². The molecular formula is C7H5N5O3S. The Morgan fingerprint density at radius 2 is 2.44 bits per heavy atom. The van der Waals surface area contributed by atoms with Crippen molar-refractivity contribution in [2.24, 2.45) is 0 Å². The van der Waals surface area contributed by atoms with E-state index in [1.54, 1.807) is 0 Å². The van der Waals surface area contributed by atoms with Gasteiger partial charge in [0.15, 0.2) is 0 Å². The van der Waals surface area contributed by atoms with Crippen LogP contribution in [-0.2, 0) is 0 Å². The minimum absolute atomic E-state index is 0.0808. The molecule has 2 aromatic rings. The Bertz CT molecular complexity index is 520. The molecule has 8 nitrogen and oxygen atoms in total. The normalized spacial score (nSPS) is 10.0. The number of amides is 1. The molecule has 0 fully saturated rings. The lowest BCUT2D eigenvalue weighted by Crippen LogP contribution is -2.11. The molecule has 0 spiro atoms. The smallest absolute Gasteiger partial charge is 0.291 e. The molecule has 0 aliphatic rings. The van der Waals surface area contributed by atoms with Crippen LogP contribution >= 0.6 is 11.3 Å². The zero-order valence-corrected chi connectivity index (χ0v) is 8.52. The Morgan fingerprint density at radius 3 is 3.00 bits per heavy atom. The zero-order valence-electron chi connectivity index (χ0n) is 7.71. The number of hydrogen-bond acceptors (Lipinski definition) is 6. The van der Waals surface area contributed by atoms with Crippen molar-refractivity contribution in [2.45, 2.75) is 0 Å². The summed E-state index contributed by atoms with van der Waals surface area (Å²) in [6.45, 7) is 0. The number of H-pyrrole nitrogens is 1. The lowest BCUT2D eigenvalue weighted by molar-refractivity contribution is -0.380. The summed E-state index contributed by atoms with van der Waals surface area (Å²) in [5, 5.41) is 20.1. The van der Waals surface area contributed by atoms with Gasteiger partial charge in [-0.2, -0.15) is 10.1 Å². The fourth-order valence-electron chi connectivity index (χ4n) is 0.985. The largest absolute Gasteiger partial charge is 0.324 e. The third-order valence-electron chi connectivity index (χ3n) is 1.67. The van der Waals surface area contributed by atoms with Crippen LogP contribution < -0.4 is 5.32 Å². The Hall–Kier alpha value is -2.29. The van der Waals surface area contributed by atoms with Gasteiger partial charge in [-0.3, -0.25) is 20.2 Å². The van der Waals surface area contributed by atoms with Crippen molar-refractivity contribution in [1.82, 2.24) is 15.2 Å². The van der Waals surface area contributed by atoms with Crippen molar-refractivity contribution in [3.63, 3.8) is 0 Å². The molecular weight excluding hydrogens is 234 g/mol. The number of nitrogens with zero attached hydrogens (tertiary/aromatic N) is 3. The van der Waals surface area contributed by atoms with Crippen LogP contribution in [0, 0.1) is 10.1 Å². The van der Waals surface area contributed by atoms with E-state index in [2.05, 4.69) is 20.5 Å². The van der Waals surface area contributed by atoms with Crippen LogP contribution in [0.5, 0.6) is 0 Å². The zero-order chi connectivity index (χ0) is 11.5. The summed E-state index contributed by atoms with van der Waals surface area (Å²) >= 11 is 0.892. The van der Waals surface area contributed by atoms with Crippen molar-refractivity contribution in [2.75, 3.05) is 5.32 Å². The maximum Gasteiger partial charge on any atom is 0.324 e. The number of hydrogen-bond donors (Lipinski definition) is 2. The van der Waals surface area contributed by atoms with E-state index in [9.17, 15) is 14.9 Å². The average Bonchev–Trinajstić information content (AvgIpc) is 2.86. The van der Waals surface area contributed by atoms with Gasteiger partial charge in [0.25, 0.3) is 5.91 Å². The highest BCUT2D eigenvalue weighted by atomic mass is 32.1. The number of nitrogens with one attached hydrogen (secondary N) is 2. The minimum atomic E-state index is -0.546. The monoisotopic (exact) mass is 239 g/mol. The molecule has 82 valence electrons. The Kier molecular flexibility index (Phi) is 2.60. The maximum absolute atomic E-state index is 11.5. The molecule has 0 saturated heterocycles. The van der Waals surface area contributed by atoms with Gasteiger partial charge in [-0.05, 0) is 0 Å². The minimum Gasteiger partial charge on any atom is -0.291 e. The van der Waals surface area contributed by atoms with E-state index in [1.165, 1.54) is 17.8 Å². The van der Waals surface area contributed by atoms with Crippen LogP contribution in [0.25, 0.3) is 0 Å². The lowest BCUT2D eigenvalue weighted by Gasteiger charge is -1.96. The Balaban J connectivity index is 2.12. The fraction of sp³-hybridized carbons (Fsp3) is 0. The van der Waals surface area contributed by atoms with Crippen molar-refractivity contribution in [1.29, 1.82) is 0 Å². The first-order chi connectivity index (χ1) is 7.66. The number of carbonyl (C=O) groups is 1. The lowest BCUT2D eigenvalue weighted by atomic mass is 10.3. The second-order valence-corrected chi connectivity index (χ2v) is 3.61. The number of carbonyl (C=O) groups excluding carboxylic acids is 1. The SMILES string of the molecule is O=C(Nc1ncn[nH]1)c1csc([N+](=O)[O-])c1. The van der Waals surface area contributed by atoms with Crippen molar-refractivity contribution in [3.8, 4) is 0 Å². The number of aromatic amines is 1. The van der Waals surface area contributed by atoms with Crippen LogP contribution in [-0.4, -0.2) is 26.0 Å². The molecule has 1 amide bonds. The first-order valence-electron chi connectivity index (χ1n) is 4.06. The van der Waals surface area contributed by atoms with E-state index in [4.69, 9.17) is 0 Å². The summed E-state index contributed by atoms with van der Waals surface area (Å²) in [4.78, 5) is 25.1. The van der Waals surface area contributed by atoms with E-state index in [-0.39, 0.29) is 16.5 Å². The quantitative estimate of drug-likeness (QED) is 0.613. The topological polar surface area (TPSA) is 114 Å². The molecule has 2 aromatic heterocycles. The number of nitro groups is 1. The standard InChI is InChI=1S/C7H5N5O3S/c13-6(10-7-8-3-9-11-7)4-1-5(12(14)15)16-2-4/h1-3H,(H2,8,9,10,11,13). The predicted octanol–water partition coefficient (Wildman–Crippen LogP) is 1.03. The molecule has 16 heavy (non-hydrogen) atoms.